The number of pyridine rings is 1. The molecule has 2 aromatic carbocycles. The molecular formula is C22H18N4O. The molecule has 5 heteroatoms. The molecule has 4 aromatic rings. The van der Waals surface area contributed by atoms with Crippen LogP contribution in [0.2, 0.25) is 0 Å². The van der Waals surface area contributed by atoms with Gasteiger partial charge in [-0.2, -0.15) is 15.3 Å². The molecule has 0 fully saturated rings. The maximum atomic E-state index is 9.05. The Kier molecular flexibility index (Phi) is 4.31. The van der Waals surface area contributed by atoms with E-state index in [1.54, 1.807) is 10.7 Å². The third-order valence-corrected chi connectivity index (χ3v) is 4.47. The molecule has 5 nitrogen and oxygen atoms in total. The molecule has 0 spiro atoms. The van der Waals surface area contributed by atoms with Gasteiger partial charge in [0.05, 0.1) is 22.7 Å². The molecule has 0 saturated carbocycles. The van der Waals surface area contributed by atoms with Crippen LogP contribution < -0.4 is 4.74 Å². The van der Waals surface area contributed by atoms with Gasteiger partial charge in [-0.05, 0) is 35.7 Å². The highest BCUT2D eigenvalue weighted by atomic mass is 16.5. The molecule has 0 N–H and O–H groups in total. The van der Waals surface area contributed by atoms with Crippen LogP contribution in [0.15, 0.2) is 60.7 Å². The fourth-order valence-electron chi connectivity index (χ4n) is 3.23. The van der Waals surface area contributed by atoms with Crippen molar-refractivity contribution in [2.24, 2.45) is 7.05 Å². The van der Waals surface area contributed by atoms with Crippen LogP contribution in [0.3, 0.4) is 0 Å². The van der Waals surface area contributed by atoms with Crippen molar-refractivity contribution in [2.75, 3.05) is 0 Å². The minimum atomic E-state index is 0.346. The third-order valence-electron chi connectivity index (χ3n) is 4.47. The van der Waals surface area contributed by atoms with Crippen molar-refractivity contribution in [3.8, 4) is 23.1 Å². The summed E-state index contributed by atoms with van der Waals surface area (Å²) in [6.45, 7) is 2.34. The largest absolute Gasteiger partial charge is 0.473 e. The zero-order valence-electron chi connectivity index (χ0n) is 15.2. The van der Waals surface area contributed by atoms with Crippen LogP contribution >= 0.6 is 0 Å². The second kappa shape index (κ2) is 6.93. The summed E-state index contributed by atoms with van der Waals surface area (Å²) in [5.74, 6) is 0.534. The molecule has 4 rings (SSSR count). The highest BCUT2D eigenvalue weighted by Gasteiger charge is 2.15. The van der Waals surface area contributed by atoms with E-state index in [1.807, 2.05) is 56.4 Å². The second-order valence-electron chi connectivity index (χ2n) is 6.38. The average molecular weight is 354 g/mol. The number of nitriles is 1. The second-order valence-corrected chi connectivity index (χ2v) is 6.38. The van der Waals surface area contributed by atoms with Crippen molar-refractivity contribution in [1.82, 2.24) is 14.8 Å². The van der Waals surface area contributed by atoms with Gasteiger partial charge in [0.15, 0.2) is 5.65 Å². The lowest BCUT2D eigenvalue weighted by atomic mass is 10.0. The van der Waals surface area contributed by atoms with Crippen LogP contribution in [0, 0.1) is 18.3 Å². The van der Waals surface area contributed by atoms with Gasteiger partial charge in [0.2, 0.25) is 5.88 Å². The van der Waals surface area contributed by atoms with Crippen LogP contribution in [0.5, 0.6) is 5.88 Å². The van der Waals surface area contributed by atoms with Gasteiger partial charge in [-0.3, -0.25) is 4.68 Å². The lowest BCUT2D eigenvalue weighted by molar-refractivity contribution is 0.295. The van der Waals surface area contributed by atoms with Crippen molar-refractivity contribution in [2.45, 2.75) is 13.5 Å². The standard InChI is InChI=1S/C22H18N4O/c1-15-21-19(18-9-4-3-5-10-18)12-20(24-22(21)26(2)25-15)27-14-17-8-6-7-16(11-17)13-23/h3-12H,14H2,1-2H3. The van der Waals surface area contributed by atoms with Crippen LogP contribution in [-0.2, 0) is 13.7 Å². The Morgan fingerprint density at radius 1 is 1.07 bits per heavy atom. The molecule has 0 bridgehead atoms. The Balaban J connectivity index is 1.75. The Bertz CT molecular complexity index is 1160. The third kappa shape index (κ3) is 3.25. The summed E-state index contributed by atoms with van der Waals surface area (Å²) in [7, 11) is 1.89. The summed E-state index contributed by atoms with van der Waals surface area (Å²) in [5.41, 5.74) is 5.41. The summed E-state index contributed by atoms with van der Waals surface area (Å²) in [4.78, 5) is 4.65. The van der Waals surface area contributed by atoms with E-state index < -0.39 is 0 Å². The fourth-order valence-corrected chi connectivity index (χ4v) is 3.23. The Morgan fingerprint density at radius 3 is 2.67 bits per heavy atom. The molecule has 0 radical (unpaired) electrons. The number of aryl methyl sites for hydroxylation is 2. The van der Waals surface area contributed by atoms with Crippen molar-refractivity contribution >= 4 is 11.0 Å². The number of ether oxygens (including phenoxy) is 1. The Morgan fingerprint density at radius 2 is 1.89 bits per heavy atom. The average Bonchev–Trinajstić information content (AvgIpc) is 3.00. The molecule has 0 aliphatic carbocycles. The van der Waals surface area contributed by atoms with Crippen LogP contribution in [0.25, 0.3) is 22.2 Å². The number of rotatable bonds is 4. The predicted molar refractivity (Wildman–Crippen MR) is 104 cm³/mol. The van der Waals surface area contributed by atoms with Gasteiger partial charge >= 0.3 is 0 Å². The van der Waals surface area contributed by atoms with Gasteiger partial charge in [0, 0.05) is 13.1 Å². The first-order valence-electron chi connectivity index (χ1n) is 8.67. The first-order chi connectivity index (χ1) is 13.2. The highest BCUT2D eigenvalue weighted by molar-refractivity contribution is 5.95. The fraction of sp³-hybridized carbons (Fsp3) is 0.136. The monoisotopic (exact) mass is 354 g/mol. The first-order valence-corrected chi connectivity index (χ1v) is 8.67. The summed E-state index contributed by atoms with van der Waals surface area (Å²) >= 11 is 0. The van der Waals surface area contributed by atoms with E-state index in [0.29, 0.717) is 18.1 Å². The SMILES string of the molecule is Cc1nn(C)c2nc(OCc3cccc(C#N)c3)cc(-c3ccccc3)c12. The molecule has 0 aliphatic heterocycles. The molecule has 132 valence electrons. The normalized spacial score (nSPS) is 10.7. The molecule has 0 saturated heterocycles. The maximum Gasteiger partial charge on any atom is 0.216 e. The van der Waals surface area contributed by atoms with E-state index >= 15 is 0 Å². The van der Waals surface area contributed by atoms with Crippen molar-refractivity contribution < 1.29 is 4.74 Å². The van der Waals surface area contributed by atoms with E-state index in [-0.39, 0.29) is 0 Å². The van der Waals surface area contributed by atoms with Crippen molar-refractivity contribution in [3.63, 3.8) is 0 Å². The van der Waals surface area contributed by atoms with Gasteiger partial charge < -0.3 is 4.74 Å². The molecule has 0 unspecified atom stereocenters. The topological polar surface area (TPSA) is 63.7 Å². The summed E-state index contributed by atoms with van der Waals surface area (Å²) in [6.07, 6.45) is 0. The van der Waals surface area contributed by atoms with E-state index in [9.17, 15) is 0 Å². The molecule has 0 atom stereocenters. The molecular weight excluding hydrogens is 336 g/mol. The van der Waals surface area contributed by atoms with Gasteiger partial charge in [-0.1, -0.05) is 42.5 Å². The number of hydrogen-bond acceptors (Lipinski definition) is 4. The molecule has 2 heterocycles. The Hall–Kier alpha value is -3.65. The maximum absolute atomic E-state index is 9.05. The van der Waals surface area contributed by atoms with Gasteiger partial charge in [0.1, 0.15) is 6.61 Å². The Labute approximate surface area is 157 Å². The first kappa shape index (κ1) is 16.8. The number of aromatic nitrogens is 3. The van der Waals surface area contributed by atoms with Crippen molar-refractivity contribution in [3.05, 3.63) is 77.5 Å². The zero-order chi connectivity index (χ0) is 18.8. The van der Waals surface area contributed by atoms with Gasteiger partial charge in [-0.15, -0.1) is 0 Å². The van der Waals surface area contributed by atoms with Gasteiger partial charge in [0.25, 0.3) is 0 Å². The predicted octanol–water partition coefficient (Wildman–Crippen LogP) is 4.39. The minimum absolute atomic E-state index is 0.346. The van der Waals surface area contributed by atoms with E-state index in [2.05, 4.69) is 28.3 Å². The molecule has 0 amide bonds. The summed E-state index contributed by atoms with van der Waals surface area (Å²) < 4.78 is 7.74. The van der Waals surface area contributed by atoms with E-state index in [4.69, 9.17) is 10.00 Å². The van der Waals surface area contributed by atoms with Gasteiger partial charge in [-0.25, -0.2) is 0 Å². The quantitative estimate of drug-likeness (QED) is 0.545. The van der Waals surface area contributed by atoms with E-state index in [0.717, 1.165) is 33.4 Å². The number of fused-ring (bicyclic) bond motifs is 1. The molecule has 27 heavy (non-hydrogen) atoms. The van der Waals surface area contributed by atoms with E-state index in [1.165, 1.54) is 0 Å². The number of hydrogen-bond donors (Lipinski definition) is 0. The van der Waals surface area contributed by atoms with Crippen LogP contribution in [-0.4, -0.2) is 14.8 Å². The van der Waals surface area contributed by atoms with Crippen molar-refractivity contribution in [1.29, 1.82) is 5.26 Å². The summed E-state index contributed by atoms with van der Waals surface area (Å²) in [6, 6.07) is 21.7. The summed E-state index contributed by atoms with van der Waals surface area (Å²) in [5, 5.41) is 14.6. The number of nitrogens with zero attached hydrogens (tertiary/aromatic N) is 4. The lowest BCUT2D eigenvalue weighted by Gasteiger charge is -2.10. The molecule has 2 aromatic heterocycles. The minimum Gasteiger partial charge on any atom is -0.473 e. The lowest BCUT2D eigenvalue weighted by Crippen LogP contribution is -2.00. The number of benzene rings is 2. The van der Waals surface area contributed by atoms with Crippen LogP contribution in [0.4, 0.5) is 0 Å². The smallest absolute Gasteiger partial charge is 0.216 e. The zero-order valence-corrected chi connectivity index (χ0v) is 15.2. The molecule has 0 aliphatic rings. The highest BCUT2D eigenvalue weighted by Crippen LogP contribution is 2.32. The van der Waals surface area contributed by atoms with Crippen LogP contribution in [0.1, 0.15) is 16.8 Å².